The molecule has 4 aromatic rings. The maximum atomic E-state index is 14.6. The first kappa shape index (κ1) is 24.5. The monoisotopic (exact) mass is 494 g/mol. The van der Waals surface area contributed by atoms with Gasteiger partial charge in [0.15, 0.2) is 5.76 Å². The molecule has 4 rings (SSSR count). The molecule has 0 aliphatic heterocycles. The van der Waals surface area contributed by atoms with Gasteiger partial charge in [0.05, 0.1) is 18.2 Å². The van der Waals surface area contributed by atoms with E-state index in [1.807, 2.05) is 0 Å². The Hall–Kier alpha value is -3.64. The number of rotatable bonds is 8. The van der Waals surface area contributed by atoms with Gasteiger partial charge < -0.3 is 14.4 Å². The van der Waals surface area contributed by atoms with Crippen LogP contribution in [0.15, 0.2) is 65.7 Å². The highest BCUT2D eigenvalue weighted by Crippen LogP contribution is 2.33. The molecule has 0 spiro atoms. The van der Waals surface area contributed by atoms with Crippen molar-refractivity contribution in [3.05, 3.63) is 89.7 Å². The molecule has 0 saturated heterocycles. The van der Waals surface area contributed by atoms with Gasteiger partial charge in [-0.3, -0.25) is 0 Å². The van der Waals surface area contributed by atoms with E-state index in [1.165, 1.54) is 42.5 Å². The Labute approximate surface area is 195 Å². The van der Waals surface area contributed by atoms with Crippen LogP contribution in [-0.2, 0) is 29.7 Å². The van der Waals surface area contributed by atoms with Crippen molar-refractivity contribution in [2.75, 3.05) is 0 Å². The Morgan fingerprint density at radius 3 is 2.46 bits per heavy atom. The van der Waals surface area contributed by atoms with E-state index in [9.17, 15) is 27.1 Å². The molecular formula is C23H19F5N4O3. The SMILES string of the molecule is C[C@@H](OCc1cc(-c2ccc(C(F)(F)F)cc2)no1)C(O)(Cn1cncn1)c1ccc(F)cc1F. The summed E-state index contributed by atoms with van der Waals surface area (Å²) >= 11 is 0. The fourth-order valence-corrected chi connectivity index (χ4v) is 3.53. The molecule has 12 heteroatoms. The summed E-state index contributed by atoms with van der Waals surface area (Å²) in [5.74, 6) is -1.55. The summed E-state index contributed by atoms with van der Waals surface area (Å²) < 4.78 is 78.5. The van der Waals surface area contributed by atoms with Gasteiger partial charge in [0.1, 0.15) is 42.2 Å². The molecule has 2 heterocycles. The van der Waals surface area contributed by atoms with Gasteiger partial charge in [-0.25, -0.2) is 18.4 Å². The van der Waals surface area contributed by atoms with Crippen LogP contribution in [0.3, 0.4) is 0 Å². The number of alkyl halides is 3. The number of aromatic nitrogens is 4. The second kappa shape index (κ2) is 9.55. The van der Waals surface area contributed by atoms with Crippen LogP contribution in [0.25, 0.3) is 11.3 Å². The fraction of sp³-hybridized carbons (Fsp3) is 0.261. The average molecular weight is 494 g/mol. The van der Waals surface area contributed by atoms with Gasteiger partial charge in [-0.15, -0.1) is 0 Å². The van der Waals surface area contributed by atoms with Gasteiger partial charge in [0.25, 0.3) is 0 Å². The maximum Gasteiger partial charge on any atom is 0.416 e. The van der Waals surface area contributed by atoms with Crippen molar-refractivity contribution in [2.45, 2.75) is 38.0 Å². The van der Waals surface area contributed by atoms with Crippen LogP contribution in [0.4, 0.5) is 22.0 Å². The lowest BCUT2D eigenvalue weighted by molar-refractivity contribution is -0.137. The zero-order valence-electron chi connectivity index (χ0n) is 18.2. The lowest BCUT2D eigenvalue weighted by Gasteiger charge is -2.34. The first-order chi connectivity index (χ1) is 16.6. The minimum atomic E-state index is -4.45. The third-order valence-electron chi connectivity index (χ3n) is 5.48. The molecule has 1 unspecified atom stereocenters. The number of hydrogen-bond acceptors (Lipinski definition) is 6. The van der Waals surface area contributed by atoms with Crippen LogP contribution in [0.1, 0.15) is 23.8 Å². The van der Waals surface area contributed by atoms with Crippen LogP contribution in [0.5, 0.6) is 0 Å². The number of ether oxygens (including phenoxy) is 1. The minimum absolute atomic E-state index is 0.197. The van der Waals surface area contributed by atoms with E-state index in [0.717, 1.165) is 24.3 Å². The predicted molar refractivity (Wildman–Crippen MR) is 111 cm³/mol. The molecule has 0 fully saturated rings. The number of aliphatic hydroxyl groups is 1. The number of benzene rings is 2. The molecule has 2 aromatic heterocycles. The third-order valence-corrected chi connectivity index (χ3v) is 5.48. The van der Waals surface area contributed by atoms with Crippen molar-refractivity contribution in [2.24, 2.45) is 0 Å². The lowest BCUT2D eigenvalue weighted by atomic mass is 9.88. The lowest BCUT2D eigenvalue weighted by Crippen LogP contribution is -2.44. The third kappa shape index (κ3) is 5.38. The van der Waals surface area contributed by atoms with E-state index in [2.05, 4.69) is 15.2 Å². The van der Waals surface area contributed by atoms with Crippen molar-refractivity contribution < 1.29 is 36.3 Å². The van der Waals surface area contributed by atoms with E-state index < -0.39 is 35.1 Å². The zero-order chi connectivity index (χ0) is 25.2. The van der Waals surface area contributed by atoms with Crippen LogP contribution in [0.2, 0.25) is 0 Å². The Morgan fingerprint density at radius 1 is 1.09 bits per heavy atom. The average Bonchev–Trinajstić information content (AvgIpc) is 3.49. The normalized spacial score (nSPS) is 14.6. The number of nitrogens with zero attached hydrogens (tertiary/aromatic N) is 4. The highest BCUT2D eigenvalue weighted by Gasteiger charge is 2.40. The first-order valence-corrected chi connectivity index (χ1v) is 10.3. The predicted octanol–water partition coefficient (Wildman–Crippen LogP) is 4.72. The zero-order valence-corrected chi connectivity index (χ0v) is 18.2. The standard InChI is InChI=1S/C23H19F5N4O3/c1-14(22(33,11-32-13-29-12-30-32)19-7-6-17(24)8-20(19)25)34-10-18-9-21(31-35-18)15-2-4-16(5-3-15)23(26,27)28/h2-9,12-14,33H,10-11H2,1H3/t14-,22?/m1/s1. The van der Waals surface area contributed by atoms with E-state index >= 15 is 0 Å². The van der Waals surface area contributed by atoms with Gasteiger partial charge in [0, 0.05) is 23.3 Å². The van der Waals surface area contributed by atoms with Crippen molar-refractivity contribution in [3.8, 4) is 11.3 Å². The Bertz CT molecular complexity index is 1280. The molecule has 2 atom stereocenters. The van der Waals surface area contributed by atoms with Crippen LogP contribution in [-0.4, -0.2) is 31.1 Å². The molecular weight excluding hydrogens is 475 g/mol. The summed E-state index contributed by atoms with van der Waals surface area (Å²) in [5, 5.41) is 19.2. The Morgan fingerprint density at radius 2 is 1.83 bits per heavy atom. The van der Waals surface area contributed by atoms with Gasteiger partial charge >= 0.3 is 6.18 Å². The topological polar surface area (TPSA) is 86.2 Å². The minimum Gasteiger partial charge on any atom is -0.380 e. The molecule has 0 aliphatic carbocycles. The largest absolute Gasteiger partial charge is 0.416 e. The van der Waals surface area contributed by atoms with E-state index in [0.29, 0.717) is 11.6 Å². The molecule has 0 saturated carbocycles. The van der Waals surface area contributed by atoms with Crippen molar-refractivity contribution >= 4 is 0 Å². The molecule has 7 nitrogen and oxygen atoms in total. The summed E-state index contributed by atoms with van der Waals surface area (Å²) in [6.45, 7) is 1.05. The summed E-state index contributed by atoms with van der Waals surface area (Å²) in [7, 11) is 0. The van der Waals surface area contributed by atoms with Gasteiger partial charge in [-0.05, 0) is 25.1 Å². The molecule has 0 bridgehead atoms. The van der Waals surface area contributed by atoms with Crippen molar-refractivity contribution in [1.29, 1.82) is 0 Å². The maximum absolute atomic E-state index is 14.6. The highest BCUT2D eigenvalue weighted by molar-refractivity contribution is 5.59. The van der Waals surface area contributed by atoms with Crippen molar-refractivity contribution in [3.63, 3.8) is 0 Å². The molecule has 0 radical (unpaired) electrons. The molecule has 0 aliphatic rings. The molecule has 2 aromatic carbocycles. The second-order valence-electron chi connectivity index (χ2n) is 7.85. The molecule has 35 heavy (non-hydrogen) atoms. The number of halogens is 5. The summed E-state index contributed by atoms with van der Waals surface area (Å²) in [4.78, 5) is 3.80. The van der Waals surface area contributed by atoms with Crippen LogP contribution in [0, 0.1) is 11.6 Å². The van der Waals surface area contributed by atoms with Gasteiger partial charge in [-0.2, -0.15) is 18.3 Å². The molecule has 184 valence electrons. The quantitative estimate of drug-likeness (QED) is 0.357. The van der Waals surface area contributed by atoms with E-state index in [-0.39, 0.29) is 30.2 Å². The van der Waals surface area contributed by atoms with Gasteiger partial charge in [-0.1, -0.05) is 23.4 Å². The second-order valence-corrected chi connectivity index (χ2v) is 7.85. The summed E-state index contributed by atoms with van der Waals surface area (Å²) in [6, 6.07) is 8.67. The van der Waals surface area contributed by atoms with Crippen molar-refractivity contribution in [1.82, 2.24) is 19.9 Å². The summed E-state index contributed by atoms with van der Waals surface area (Å²) in [5.41, 5.74) is -2.28. The Kier molecular flexibility index (Phi) is 6.68. The molecule has 1 N–H and O–H groups in total. The van der Waals surface area contributed by atoms with Crippen LogP contribution >= 0.6 is 0 Å². The van der Waals surface area contributed by atoms with E-state index in [4.69, 9.17) is 9.26 Å². The number of hydrogen-bond donors (Lipinski definition) is 1. The smallest absolute Gasteiger partial charge is 0.380 e. The van der Waals surface area contributed by atoms with Crippen LogP contribution < -0.4 is 0 Å². The Balaban J connectivity index is 1.51. The molecule has 0 amide bonds. The first-order valence-electron chi connectivity index (χ1n) is 10.3. The highest BCUT2D eigenvalue weighted by atomic mass is 19.4. The van der Waals surface area contributed by atoms with E-state index in [1.54, 1.807) is 0 Å². The van der Waals surface area contributed by atoms with Gasteiger partial charge in [0.2, 0.25) is 0 Å². The summed E-state index contributed by atoms with van der Waals surface area (Å²) in [6.07, 6.45) is -2.94. The fourth-order valence-electron chi connectivity index (χ4n) is 3.53.